The number of nitrogen functional groups attached to an aromatic ring is 1. The van der Waals surface area contributed by atoms with Crippen molar-refractivity contribution in [2.24, 2.45) is 0 Å². The number of aromatic nitrogens is 2. The molecule has 0 amide bonds. The molecule has 1 aromatic heterocycles. The van der Waals surface area contributed by atoms with E-state index in [4.69, 9.17) is 10.5 Å². The predicted molar refractivity (Wildman–Crippen MR) is 84.7 cm³/mol. The lowest BCUT2D eigenvalue weighted by Gasteiger charge is -2.11. The number of nitrogens with zero attached hydrogens (tertiary/aromatic N) is 2. The molecule has 106 valence electrons. The van der Waals surface area contributed by atoms with E-state index in [1.807, 2.05) is 29.0 Å². The molecule has 0 bridgehead atoms. The van der Waals surface area contributed by atoms with Gasteiger partial charge in [0.05, 0.1) is 36.7 Å². The van der Waals surface area contributed by atoms with Gasteiger partial charge in [-0.3, -0.25) is 4.57 Å². The molecule has 21 heavy (non-hydrogen) atoms. The molecule has 0 atom stereocenters. The zero-order valence-corrected chi connectivity index (χ0v) is 12.1. The molecule has 3 rings (SSSR count). The van der Waals surface area contributed by atoms with E-state index in [1.165, 1.54) is 5.56 Å². The quantitative estimate of drug-likeness (QED) is 0.747. The molecular formula is C17H17N3O. The maximum absolute atomic E-state index is 5.87. The fraction of sp³-hybridized carbons (Fsp3) is 0.118. The standard InChI is InChI=1S/C17H17N3O/c1-12-3-5-13(6-4-12)16-10-19-11-20(16)14-7-8-15(18)17(9-14)21-2/h3-11H,18H2,1-2H3. The van der Waals surface area contributed by atoms with E-state index in [9.17, 15) is 0 Å². The number of ether oxygens (including phenoxy) is 1. The summed E-state index contributed by atoms with van der Waals surface area (Å²) in [5.74, 6) is 0.663. The Hall–Kier alpha value is -2.75. The second kappa shape index (κ2) is 5.32. The molecule has 2 aromatic carbocycles. The number of imidazole rings is 1. The molecule has 0 aliphatic heterocycles. The topological polar surface area (TPSA) is 53.1 Å². The van der Waals surface area contributed by atoms with Crippen LogP contribution in [0.3, 0.4) is 0 Å². The van der Waals surface area contributed by atoms with Crippen LogP contribution < -0.4 is 10.5 Å². The van der Waals surface area contributed by atoms with Gasteiger partial charge in [-0.25, -0.2) is 4.98 Å². The Labute approximate surface area is 123 Å². The molecule has 4 nitrogen and oxygen atoms in total. The van der Waals surface area contributed by atoms with E-state index in [-0.39, 0.29) is 0 Å². The van der Waals surface area contributed by atoms with Gasteiger partial charge in [0.1, 0.15) is 5.75 Å². The van der Waals surface area contributed by atoms with Crippen molar-refractivity contribution < 1.29 is 4.74 Å². The summed E-state index contributed by atoms with van der Waals surface area (Å²) < 4.78 is 7.31. The first-order valence-electron chi connectivity index (χ1n) is 6.72. The molecule has 0 spiro atoms. The third-order valence-electron chi connectivity index (χ3n) is 3.48. The van der Waals surface area contributed by atoms with Gasteiger partial charge in [-0.15, -0.1) is 0 Å². The monoisotopic (exact) mass is 279 g/mol. The van der Waals surface area contributed by atoms with Crippen LogP contribution in [0.4, 0.5) is 5.69 Å². The summed E-state index contributed by atoms with van der Waals surface area (Å²) in [6.07, 6.45) is 3.65. The first-order valence-corrected chi connectivity index (χ1v) is 6.72. The largest absolute Gasteiger partial charge is 0.495 e. The third-order valence-corrected chi connectivity index (χ3v) is 3.48. The Bertz CT molecular complexity index is 760. The highest BCUT2D eigenvalue weighted by molar-refractivity contribution is 5.64. The average molecular weight is 279 g/mol. The van der Waals surface area contributed by atoms with Gasteiger partial charge in [0, 0.05) is 11.6 Å². The molecule has 0 aliphatic rings. The minimum Gasteiger partial charge on any atom is -0.495 e. The zero-order chi connectivity index (χ0) is 14.8. The van der Waals surface area contributed by atoms with Gasteiger partial charge in [-0.2, -0.15) is 0 Å². The van der Waals surface area contributed by atoms with Crippen LogP contribution in [0.25, 0.3) is 16.9 Å². The van der Waals surface area contributed by atoms with Crippen molar-refractivity contribution in [1.82, 2.24) is 9.55 Å². The number of benzene rings is 2. The minimum absolute atomic E-state index is 0.623. The Morgan fingerprint density at radius 2 is 1.86 bits per heavy atom. The lowest BCUT2D eigenvalue weighted by Crippen LogP contribution is -1.98. The van der Waals surface area contributed by atoms with Gasteiger partial charge >= 0.3 is 0 Å². The number of hydrogen-bond donors (Lipinski definition) is 1. The van der Waals surface area contributed by atoms with Crippen LogP contribution in [0.1, 0.15) is 5.56 Å². The van der Waals surface area contributed by atoms with E-state index in [0.29, 0.717) is 11.4 Å². The highest BCUT2D eigenvalue weighted by Crippen LogP contribution is 2.28. The summed E-state index contributed by atoms with van der Waals surface area (Å²) in [6.45, 7) is 2.08. The minimum atomic E-state index is 0.623. The molecule has 1 heterocycles. The van der Waals surface area contributed by atoms with E-state index in [1.54, 1.807) is 13.4 Å². The van der Waals surface area contributed by atoms with E-state index in [0.717, 1.165) is 16.9 Å². The summed E-state index contributed by atoms with van der Waals surface area (Å²) >= 11 is 0. The van der Waals surface area contributed by atoms with E-state index >= 15 is 0 Å². The lowest BCUT2D eigenvalue weighted by atomic mass is 10.1. The van der Waals surface area contributed by atoms with Crippen LogP contribution >= 0.6 is 0 Å². The normalized spacial score (nSPS) is 10.6. The maximum Gasteiger partial charge on any atom is 0.143 e. The first kappa shape index (κ1) is 13.2. The molecule has 3 aromatic rings. The van der Waals surface area contributed by atoms with Crippen molar-refractivity contribution >= 4 is 5.69 Å². The number of hydrogen-bond acceptors (Lipinski definition) is 3. The highest BCUT2D eigenvalue weighted by Gasteiger charge is 2.09. The van der Waals surface area contributed by atoms with Gasteiger partial charge < -0.3 is 10.5 Å². The maximum atomic E-state index is 5.87. The Balaban J connectivity index is 2.08. The van der Waals surface area contributed by atoms with Crippen molar-refractivity contribution in [3.8, 4) is 22.7 Å². The number of aryl methyl sites for hydroxylation is 1. The SMILES string of the molecule is COc1cc(-n2cncc2-c2ccc(C)cc2)ccc1N. The van der Waals surface area contributed by atoms with Gasteiger partial charge in [-0.05, 0) is 19.1 Å². The molecule has 0 radical (unpaired) electrons. The van der Waals surface area contributed by atoms with Crippen LogP contribution in [0.15, 0.2) is 55.0 Å². The number of methoxy groups -OCH3 is 1. The Morgan fingerprint density at radius 3 is 2.57 bits per heavy atom. The molecule has 0 aliphatic carbocycles. The lowest BCUT2D eigenvalue weighted by molar-refractivity contribution is 0.417. The molecule has 0 saturated carbocycles. The van der Waals surface area contributed by atoms with E-state index < -0.39 is 0 Å². The molecule has 0 fully saturated rings. The van der Waals surface area contributed by atoms with Crippen molar-refractivity contribution in [3.05, 3.63) is 60.6 Å². The van der Waals surface area contributed by atoms with Crippen molar-refractivity contribution in [3.63, 3.8) is 0 Å². The molecule has 0 saturated heterocycles. The summed E-state index contributed by atoms with van der Waals surface area (Å²) in [6, 6.07) is 14.1. The Morgan fingerprint density at radius 1 is 1.10 bits per heavy atom. The van der Waals surface area contributed by atoms with Crippen LogP contribution in [0.2, 0.25) is 0 Å². The molecule has 0 unspecified atom stereocenters. The molecular weight excluding hydrogens is 262 g/mol. The van der Waals surface area contributed by atoms with Crippen molar-refractivity contribution in [2.45, 2.75) is 6.92 Å². The molecule has 4 heteroatoms. The van der Waals surface area contributed by atoms with Crippen LogP contribution in [-0.2, 0) is 0 Å². The van der Waals surface area contributed by atoms with Gasteiger partial charge in [0.25, 0.3) is 0 Å². The summed E-state index contributed by atoms with van der Waals surface area (Å²) in [5, 5.41) is 0. The van der Waals surface area contributed by atoms with Crippen molar-refractivity contribution in [2.75, 3.05) is 12.8 Å². The van der Waals surface area contributed by atoms with Gasteiger partial charge in [-0.1, -0.05) is 29.8 Å². The fourth-order valence-electron chi connectivity index (χ4n) is 2.29. The molecule has 2 N–H and O–H groups in total. The second-order valence-electron chi connectivity index (χ2n) is 4.94. The van der Waals surface area contributed by atoms with Crippen molar-refractivity contribution in [1.29, 1.82) is 0 Å². The summed E-state index contributed by atoms with van der Waals surface area (Å²) in [4.78, 5) is 4.27. The average Bonchev–Trinajstić information content (AvgIpc) is 2.98. The highest BCUT2D eigenvalue weighted by atomic mass is 16.5. The van der Waals surface area contributed by atoms with Crippen LogP contribution in [0.5, 0.6) is 5.75 Å². The Kier molecular flexibility index (Phi) is 3.36. The zero-order valence-electron chi connectivity index (χ0n) is 12.1. The number of nitrogens with two attached hydrogens (primary N) is 1. The predicted octanol–water partition coefficient (Wildman–Crippen LogP) is 3.44. The summed E-state index contributed by atoms with van der Waals surface area (Å²) in [7, 11) is 1.62. The first-order chi connectivity index (χ1) is 10.2. The number of anilines is 1. The fourth-order valence-corrected chi connectivity index (χ4v) is 2.29. The van der Waals surface area contributed by atoms with Crippen LogP contribution in [0, 0.1) is 6.92 Å². The van der Waals surface area contributed by atoms with Crippen LogP contribution in [-0.4, -0.2) is 16.7 Å². The second-order valence-corrected chi connectivity index (χ2v) is 4.94. The van der Waals surface area contributed by atoms with Gasteiger partial charge in [0.15, 0.2) is 0 Å². The third kappa shape index (κ3) is 2.48. The van der Waals surface area contributed by atoms with E-state index in [2.05, 4.69) is 36.2 Å². The smallest absolute Gasteiger partial charge is 0.143 e. The van der Waals surface area contributed by atoms with Gasteiger partial charge in [0.2, 0.25) is 0 Å². The number of rotatable bonds is 3. The summed E-state index contributed by atoms with van der Waals surface area (Å²) in [5.41, 5.74) is 10.8.